The Morgan fingerprint density at radius 2 is 1.93 bits per heavy atom. The van der Waals surface area contributed by atoms with Gasteiger partial charge in [-0.25, -0.2) is 9.59 Å². The zero-order valence-electron chi connectivity index (χ0n) is 15.1. The number of esters is 2. The number of methoxy groups -OCH3 is 1. The van der Waals surface area contributed by atoms with Gasteiger partial charge in [-0.1, -0.05) is 37.3 Å². The van der Waals surface area contributed by atoms with Crippen molar-refractivity contribution in [1.29, 1.82) is 5.26 Å². The van der Waals surface area contributed by atoms with Gasteiger partial charge in [0, 0.05) is 0 Å². The van der Waals surface area contributed by atoms with Crippen LogP contribution in [0.1, 0.15) is 18.1 Å². The third-order valence-electron chi connectivity index (χ3n) is 3.63. The van der Waals surface area contributed by atoms with Crippen LogP contribution in [-0.4, -0.2) is 25.7 Å². The van der Waals surface area contributed by atoms with Gasteiger partial charge in [-0.2, -0.15) is 5.26 Å². The van der Waals surface area contributed by atoms with Gasteiger partial charge < -0.3 is 14.2 Å². The van der Waals surface area contributed by atoms with Crippen LogP contribution in [0.3, 0.4) is 0 Å². The summed E-state index contributed by atoms with van der Waals surface area (Å²) in [5, 5.41) is 9.00. The lowest BCUT2D eigenvalue weighted by molar-refractivity contribution is -0.137. The molecule has 0 radical (unpaired) electrons. The van der Waals surface area contributed by atoms with Gasteiger partial charge in [-0.05, 0) is 41.8 Å². The quantitative estimate of drug-likeness (QED) is 0.324. The lowest BCUT2D eigenvalue weighted by atomic mass is 10.1. The number of nitriles is 1. The van der Waals surface area contributed by atoms with Crippen LogP contribution in [-0.2, 0) is 20.7 Å². The standard InChI is InChI=1S/C21H19NO5/c1-3-16-8-4-5-10-19(16)26-14-20(23)27-18-9-6-7-15(12-18)11-17(13-22)21(24)25-2/h4-12H,3,14H2,1-2H3/b17-11+. The van der Waals surface area contributed by atoms with E-state index in [0.717, 1.165) is 12.0 Å². The molecule has 0 atom stereocenters. The first-order valence-corrected chi connectivity index (χ1v) is 8.29. The van der Waals surface area contributed by atoms with E-state index in [4.69, 9.17) is 14.7 Å². The summed E-state index contributed by atoms with van der Waals surface area (Å²) in [6, 6.07) is 15.7. The molecule has 0 saturated heterocycles. The Labute approximate surface area is 157 Å². The van der Waals surface area contributed by atoms with E-state index in [-0.39, 0.29) is 17.9 Å². The highest BCUT2D eigenvalue weighted by molar-refractivity contribution is 5.97. The largest absolute Gasteiger partial charge is 0.482 e. The Morgan fingerprint density at radius 3 is 2.63 bits per heavy atom. The number of ether oxygens (including phenoxy) is 3. The lowest BCUT2D eigenvalue weighted by Gasteiger charge is -2.10. The summed E-state index contributed by atoms with van der Waals surface area (Å²) in [5.41, 5.74) is 1.38. The fourth-order valence-electron chi connectivity index (χ4n) is 2.32. The third kappa shape index (κ3) is 5.72. The molecule has 0 amide bonds. The maximum Gasteiger partial charge on any atom is 0.349 e. The number of carbonyl (C=O) groups is 2. The summed E-state index contributed by atoms with van der Waals surface area (Å²) in [6.45, 7) is 1.77. The predicted molar refractivity (Wildman–Crippen MR) is 99.0 cm³/mol. The average molecular weight is 365 g/mol. The van der Waals surface area contributed by atoms with Gasteiger partial charge in [0.2, 0.25) is 0 Å². The molecule has 27 heavy (non-hydrogen) atoms. The van der Waals surface area contributed by atoms with Crippen molar-refractivity contribution < 1.29 is 23.8 Å². The van der Waals surface area contributed by atoms with E-state index in [1.807, 2.05) is 25.1 Å². The second-order valence-corrected chi connectivity index (χ2v) is 5.46. The van der Waals surface area contributed by atoms with Gasteiger partial charge in [0.25, 0.3) is 0 Å². The number of hydrogen-bond donors (Lipinski definition) is 0. The minimum atomic E-state index is -0.733. The van der Waals surface area contributed by atoms with Crippen LogP contribution in [0.25, 0.3) is 6.08 Å². The first kappa shape index (κ1) is 19.7. The Hall–Kier alpha value is -3.59. The van der Waals surface area contributed by atoms with E-state index in [0.29, 0.717) is 11.3 Å². The van der Waals surface area contributed by atoms with Crippen molar-refractivity contribution in [3.8, 4) is 17.6 Å². The monoisotopic (exact) mass is 365 g/mol. The van der Waals surface area contributed by atoms with Crippen molar-refractivity contribution in [2.24, 2.45) is 0 Å². The van der Waals surface area contributed by atoms with Crippen LogP contribution in [0.5, 0.6) is 11.5 Å². The Bertz CT molecular complexity index is 895. The van der Waals surface area contributed by atoms with E-state index >= 15 is 0 Å². The maximum atomic E-state index is 12.0. The van der Waals surface area contributed by atoms with E-state index in [9.17, 15) is 9.59 Å². The molecule has 0 heterocycles. The molecule has 0 spiro atoms. The molecular formula is C21H19NO5. The van der Waals surface area contributed by atoms with Gasteiger partial charge in [0.05, 0.1) is 7.11 Å². The molecule has 0 N–H and O–H groups in total. The number of rotatable bonds is 7. The first-order valence-electron chi connectivity index (χ1n) is 8.29. The molecule has 2 aromatic rings. The number of hydrogen-bond acceptors (Lipinski definition) is 6. The summed E-state index contributed by atoms with van der Waals surface area (Å²) in [5.74, 6) is -0.368. The molecule has 6 nitrogen and oxygen atoms in total. The van der Waals surface area contributed by atoms with Gasteiger partial charge in [0.15, 0.2) is 6.61 Å². The van der Waals surface area contributed by atoms with Crippen LogP contribution in [0.4, 0.5) is 0 Å². The van der Waals surface area contributed by atoms with Crippen LogP contribution in [0.2, 0.25) is 0 Å². The summed E-state index contributed by atoms with van der Waals surface area (Å²) >= 11 is 0. The SMILES string of the molecule is CCc1ccccc1OCC(=O)Oc1cccc(/C=C(\C#N)C(=O)OC)c1. The van der Waals surface area contributed by atoms with E-state index in [1.165, 1.54) is 19.3 Å². The second kappa shape index (κ2) is 9.78. The molecule has 0 aromatic heterocycles. The molecular weight excluding hydrogens is 346 g/mol. The lowest BCUT2D eigenvalue weighted by Crippen LogP contribution is -2.18. The van der Waals surface area contributed by atoms with Crippen molar-refractivity contribution in [2.45, 2.75) is 13.3 Å². The summed E-state index contributed by atoms with van der Waals surface area (Å²) in [7, 11) is 1.20. The van der Waals surface area contributed by atoms with Crippen LogP contribution in [0, 0.1) is 11.3 Å². The second-order valence-electron chi connectivity index (χ2n) is 5.46. The van der Waals surface area contributed by atoms with Crippen molar-refractivity contribution in [2.75, 3.05) is 13.7 Å². The van der Waals surface area contributed by atoms with Gasteiger partial charge in [-0.3, -0.25) is 0 Å². The molecule has 0 aliphatic heterocycles. The number of carbonyl (C=O) groups excluding carboxylic acids is 2. The van der Waals surface area contributed by atoms with Crippen molar-refractivity contribution in [3.05, 3.63) is 65.2 Å². The zero-order valence-corrected chi connectivity index (χ0v) is 15.1. The Balaban J connectivity index is 2.03. The number of para-hydroxylation sites is 1. The summed E-state index contributed by atoms with van der Waals surface area (Å²) < 4.78 is 15.3. The molecule has 0 saturated carbocycles. The number of benzene rings is 2. The molecule has 2 rings (SSSR count). The maximum absolute atomic E-state index is 12.0. The minimum Gasteiger partial charge on any atom is -0.482 e. The average Bonchev–Trinajstić information content (AvgIpc) is 2.70. The van der Waals surface area contributed by atoms with Gasteiger partial charge >= 0.3 is 11.9 Å². The summed E-state index contributed by atoms with van der Waals surface area (Å²) in [4.78, 5) is 23.5. The first-order chi connectivity index (χ1) is 13.1. The topological polar surface area (TPSA) is 85.6 Å². The Kier molecular flexibility index (Phi) is 7.15. The molecule has 0 bridgehead atoms. The molecule has 6 heteroatoms. The molecule has 0 unspecified atom stereocenters. The van der Waals surface area contributed by atoms with Crippen molar-refractivity contribution >= 4 is 18.0 Å². The van der Waals surface area contributed by atoms with Crippen LogP contribution in [0.15, 0.2) is 54.1 Å². The fourth-order valence-corrected chi connectivity index (χ4v) is 2.32. The smallest absolute Gasteiger partial charge is 0.349 e. The summed E-state index contributed by atoms with van der Waals surface area (Å²) in [6.07, 6.45) is 2.15. The Morgan fingerprint density at radius 1 is 1.15 bits per heavy atom. The van der Waals surface area contributed by atoms with E-state index < -0.39 is 11.9 Å². The van der Waals surface area contributed by atoms with Crippen molar-refractivity contribution in [1.82, 2.24) is 0 Å². The molecule has 138 valence electrons. The third-order valence-corrected chi connectivity index (χ3v) is 3.63. The van der Waals surface area contributed by atoms with E-state index in [2.05, 4.69) is 4.74 Å². The van der Waals surface area contributed by atoms with Crippen molar-refractivity contribution in [3.63, 3.8) is 0 Å². The van der Waals surface area contributed by atoms with Gasteiger partial charge in [0.1, 0.15) is 23.1 Å². The normalized spacial score (nSPS) is 10.6. The van der Waals surface area contributed by atoms with E-state index in [1.54, 1.807) is 30.3 Å². The van der Waals surface area contributed by atoms with Crippen LogP contribution >= 0.6 is 0 Å². The number of aryl methyl sites for hydroxylation is 1. The zero-order chi connectivity index (χ0) is 19.6. The van der Waals surface area contributed by atoms with Crippen LogP contribution < -0.4 is 9.47 Å². The highest BCUT2D eigenvalue weighted by Gasteiger charge is 2.11. The number of nitrogens with zero attached hydrogens (tertiary/aromatic N) is 1. The fraction of sp³-hybridized carbons (Fsp3) is 0.190. The molecule has 0 fully saturated rings. The highest BCUT2D eigenvalue weighted by Crippen LogP contribution is 2.19. The highest BCUT2D eigenvalue weighted by atomic mass is 16.6. The molecule has 0 aliphatic carbocycles. The van der Waals surface area contributed by atoms with Gasteiger partial charge in [-0.15, -0.1) is 0 Å². The molecule has 0 aliphatic rings. The predicted octanol–water partition coefficient (Wildman–Crippen LogP) is 3.31. The minimum absolute atomic E-state index is 0.152. The molecule has 2 aromatic carbocycles.